The molecule has 0 aliphatic carbocycles. The van der Waals surface area contributed by atoms with Gasteiger partial charge in [-0.1, -0.05) is 18.2 Å². The lowest BCUT2D eigenvalue weighted by Crippen LogP contribution is -2.35. The van der Waals surface area contributed by atoms with Crippen molar-refractivity contribution in [1.82, 2.24) is 5.32 Å². The van der Waals surface area contributed by atoms with Gasteiger partial charge in [-0.15, -0.1) is 0 Å². The minimum absolute atomic E-state index is 0.168. The predicted octanol–water partition coefficient (Wildman–Crippen LogP) is 3.88. The van der Waals surface area contributed by atoms with Gasteiger partial charge in [0, 0.05) is 6.54 Å². The zero-order chi connectivity index (χ0) is 18.9. The fourth-order valence-corrected chi connectivity index (χ4v) is 2.48. The van der Waals surface area contributed by atoms with Crippen molar-refractivity contribution in [2.75, 3.05) is 13.2 Å². The highest BCUT2D eigenvalue weighted by Gasteiger charge is 2.15. The largest absolute Gasteiger partial charge is 0.490 e. The van der Waals surface area contributed by atoms with Crippen molar-refractivity contribution in [3.8, 4) is 17.2 Å². The summed E-state index contributed by atoms with van der Waals surface area (Å²) in [5.41, 5.74) is 2.03. The summed E-state index contributed by atoms with van der Waals surface area (Å²) in [6.45, 7) is 9.10. The molecule has 5 nitrogen and oxygen atoms in total. The molecule has 2 aromatic carbocycles. The van der Waals surface area contributed by atoms with Crippen molar-refractivity contribution in [2.45, 2.75) is 40.3 Å². The van der Waals surface area contributed by atoms with E-state index in [4.69, 9.17) is 14.2 Å². The van der Waals surface area contributed by atoms with Crippen LogP contribution in [-0.2, 0) is 11.3 Å². The molecule has 2 aromatic rings. The number of carbonyl (C=O) groups excluding carboxylic acids is 1. The first-order chi connectivity index (χ1) is 12.5. The summed E-state index contributed by atoms with van der Waals surface area (Å²) in [4.78, 5) is 12.3. The van der Waals surface area contributed by atoms with Crippen LogP contribution in [0.1, 0.15) is 31.9 Å². The third-order valence-corrected chi connectivity index (χ3v) is 3.75. The summed E-state index contributed by atoms with van der Waals surface area (Å²) in [7, 11) is 0. The van der Waals surface area contributed by atoms with E-state index in [-0.39, 0.29) is 5.91 Å². The molecular weight excluding hydrogens is 330 g/mol. The molecule has 1 N–H and O–H groups in total. The van der Waals surface area contributed by atoms with Crippen LogP contribution in [0.3, 0.4) is 0 Å². The van der Waals surface area contributed by atoms with Gasteiger partial charge in [-0.2, -0.15) is 0 Å². The first-order valence-electron chi connectivity index (χ1n) is 8.93. The average molecular weight is 357 g/mol. The normalized spacial score (nSPS) is 11.5. The van der Waals surface area contributed by atoms with Crippen molar-refractivity contribution >= 4 is 5.91 Å². The van der Waals surface area contributed by atoms with Gasteiger partial charge in [0.2, 0.25) is 0 Å². The molecule has 1 atom stereocenters. The number of hydrogen-bond donors (Lipinski definition) is 1. The van der Waals surface area contributed by atoms with Gasteiger partial charge >= 0.3 is 0 Å². The van der Waals surface area contributed by atoms with Crippen LogP contribution in [0.15, 0.2) is 42.5 Å². The number of amides is 1. The lowest BCUT2D eigenvalue weighted by atomic mass is 10.2. The molecule has 0 aliphatic heterocycles. The maximum absolute atomic E-state index is 12.3. The summed E-state index contributed by atoms with van der Waals surface area (Å²) in [6.07, 6.45) is -0.578. The summed E-state index contributed by atoms with van der Waals surface area (Å²) >= 11 is 0. The Morgan fingerprint density at radius 3 is 2.46 bits per heavy atom. The molecular formula is C21H27NO4. The zero-order valence-electron chi connectivity index (χ0n) is 15.9. The molecule has 0 saturated heterocycles. The standard InChI is InChI=1S/C21H27NO4/c1-5-24-19-11-10-17(13-20(19)25-6-2)14-22-21(23)16(4)26-18-9-7-8-15(3)12-18/h7-13,16H,5-6,14H2,1-4H3,(H,22,23)/t16-/m1/s1. The van der Waals surface area contributed by atoms with Crippen LogP contribution in [0.4, 0.5) is 0 Å². The van der Waals surface area contributed by atoms with Crippen LogP contribution in [0.2, 0.25) is 0 Å². The van der Waals surface area contributed by atoms with Crippen molar-refractivity contribution in [1.29, 1.82) is 0 Å². The SMILES string of the molecule is CCOc1ccc(CNC(=O)[C@@H](C)Oc2cccc(C)c2)cc1OCC. The highest BCUT2D eigenvalue weighted by atomic mass is 16.5. The summed E-state index contributed by atoms with van der Waals surface area (Å²) in [5.74, 6) is 1.91. The van der Waals surface area contributed by atoms with Gasteiger partial charge in [-0.05, 0) is 63.1 Å². The highest BCUT2D eigenvalue weighted by molar-refractivity contribution is 5.80. The third kappa shape index (κ3) is 5.69. The molecule has 0 aliphatic rings. The smallest absolute Gasteiger partial charge is 0.261 e. The number of ether oxygens (including phenoxy) is 3. The molecule has 0 fully saturated rings. The Kier molecular flexibility index (Phi) is 7.33. The summed E-state index contributed by atoms with van der Waals surface area (Å²) in [6, 6.07) is 13.3. The van der Waals surface area contributed by atoms with E-state index in [0.29, 0.717) is 37.0 Å². The molecule has 1 amide bonds. The Morgan fingerprint density at radius 1 is 1.04 bits per heavy atom. The Balaban J connectivity index is 1.94. The Hall–Kier alpha value is -2.69. The van der Waals surface area contributed by atoms with Gasteiger partial charge in [-0.3, -0.25) is 4.79 Å². The fourth-order valence-electron chi connectivity index (χ4n) is 2.48. The molecule has 2 rings (SSSR count). The van der Waals surface area contributed by atoms with E-state index < -0.39 is 6.10 Å². The second-order valence-electron chi connectivity index (χ2n) is 5.94. The molecule has 0 spiro atoms. The number of rotatable bonds is 9. The molecule has 0 bridgehead atoms. The van der Waals surface area contributed by atoms with E-state index in [2.05, 4.69) is 5.32 Å². The predicted molar refractivity (Wildman–Crippen MR) is 102 cm³/mol. The highest BCUT2D eigenvalue weighted by Crippen LogP contribution is 2.28. The van der Waals surface area contributed by atoms with Gasteiger partial charge in [0.25, 0.3) is 5.91 Å². The number of carbonyl (C=O) groups is 1. The van der Waals surface area contributed by atoms with Crippen molar-refractivity contribution < 1.29 is 19.0 Å². The van der Waals surface area contributed by atoms with Gasteiger partial charge < -0.3 is 19.5 Å². The van der Waals surface area contributed by atoms with E-state index in [1.54, 1.807) is 6.92 Å². The fraction of sp³-hybridized carbons (Fsp3) is 0.381. The number of nitrogens with one attached hydrogen (secondary N) is 1. The second-order valence-corrected chi connectivity index (χ2v) is 5.94. The van der Waals surface area contributed by atoms with Gasteiger partial charge in [0.05, 0.1) is 13.2 Å². The first-order valence-corrected chi connectivity index (χ1v) is 8.93. The van der Waals surface area contributed by atoms with E-state index in [0.717, 1.165) is 11.1 Å². The molecule has 0 saturated carbocycles. The second kappa shape index (κ2) is 9.70. The van der Waals surface area contributed by atoms with Crippen molar-refractivity contribution in [3.63, 3.8) is 0 Å². The van der Waals surface area contributed by atoms with Crippen molar-refractivity contribution in [2.24, 2.45) is 0 Å². The zero-order valence-corrected chi connectivity index (χ0v) is 15.9. The number of hydrogen-bond acceptors (Lipinski definition) is 4. The monoisotopic (exact) mass is 357 g/mol. The van der Waals surface area contributed by atoms with Gasteiger partial charge in [-0.25, -0.2) is 0 Å². The topological polar surface area (TPSA) is 56.8 Å². The lowest BCUT2D eigenvalue weighted by molar-refractivity contribution is -0.127. The van der Waals surface area contributed by atoms with Crippen LogP contribution in [0.5, 0.6) is 17.2 Å². The minimum Gasteiger partial charge on any atom is -0.490 e. The van der Waals surface area contributed by atoms with Crippen LogP contribution in [0.25, 0.3) is 0 Å². The number of benzene rings is 2. The average Bonchev–Trinajstić information content (AvgIpc) is 2.62. The summed E-state index contributed by atoms with van der Waals surface area (Å²) in [5, 5.41) is 2.89. The maximum atomic E-state index is 12.3. The molecule has 0 unspecified atom stereocenters. The molecule has 140 valence electrons. The quantitative estimate of drug-likeness (QED) is 0.740. The molecule has 0 radical (unpaired) electrons. The summed E-state index contributed by atoms with van der Waals surface area (Å²) < 4.78 is 16.9. The van der Waals surface area contributed by atoms with Crippen LogP contribution >= 0.6 is 0 Å². The Labute approximate surface area is 155 Å². The maximum Gasteiger partial charge on any atom is 0.261 e. The molecule has 0 heterocycles. The van der Waals surface area contributed by atoms with Crippen LogP contribution in [-0.4, -0.2) is 25.2 Å². The van der Waals surface area contributed by atoms with Gasteiger partial charge in [0.15, 0.2) is 17.6 Å². The van der Waals surface area contributed by atoms with E-state index >= 15 is 0 Å². The first kappa shape index (κ1) is 19.6. The molecule has 26 heavy (non-hydrogen) atoms. The van der Waals surface area contributed by atoms with E-state index in [1.165, 1.54) is 0 Å². The molecule has 0 aromatic heterocycles. The van der Waals surface area contributed by atoms with Crippen LogP contribution in [0, 0.1) is 6.92 Å². The van der Waals surface area contributed by atoms with E-state index in [1.807, 2.05) is 63.2 Å². The molecule has 5 heteroatoms. The Bertz CT molecular complexity index is 730. The van der Waals surface area contributed by atoms with Crippen molar-refractivity contribution in [3.05, 3.63) is 53.6 Å². The van der Waals surface area contributed by atoms with E-state index in [9.17, 15) is 4.79 Å². The number of aryl methyl sites for hydroxylation is 1. The minimum atomic E-state index is -0.578. The third-order valence-electron chi connectivity index (χ3n) is 3.75. The van der Waals surface area contributed by atoms with Crippen LogP contribution < -0.4 is 19.5 Å². The lowest BCUT2D eigenvalue weighted by Gasteiger charge is -2.16. The Morgan fingerprint density at radius 2 is 1.77 bits per heavy atom. The van der Waals surface area contributed by atoms with Gasteiger partial charge in [0.1, 0.15) is 5.75 Å².